The Morgan fingerprint density at radius 2 is 2.14 bits per heavy atom. The van der Waals surface area contributed by atoms with E-state index in [1.807, 2.05) is 6.92 Å². The lowest BCUT2D eigenvalue weighted by Crippen LogP contribution is -2.46. The molecule has 0 saturated carbocycles. The number of rotatable bonds is 13. The maximum atomic E-state index is 12.7. The van der Waals surface area contributed by atoms with Gasteiger partial charge in [-0.05, 0) is 51.3 Å². The standard InChI is InChI=1S/C18H32N4O5S/c1-3-27-18-8-12-21(13-9-18)28(25,26)14-17(22(24)15-23)7-4-6-16(2)20-11-5-10-19/h5,10-11,15,17-18,24H,2-4,6-9,12-14,19H2,1H3/b10-5-,20-11?. The zero-order chi connectivity index (χ0) is 21.0. The molecule has 1 heterocycles. The number of nitrogens with two attached hydrogens (primary N) is 1. The summed E-state index contributed by atoms with van der Waals surface area (Å²) in [5.41, 5.74) is 5.82. The molecular weight excluding hydrogens is 384 g/mol. The number of nitrogens with zero attached hydrogens (tertiary/aromatic N) is 3. The van der Waals surface area contributed by atoms with Gasteiger partial charge in [-0.1, -0.05) is 6.58 Å². The number of amides is 1. The number of allylic oxidation sites excluding steroid dienone is 2. The molecule has 1 rings (SSSR count). The highest BCUT2D eigenvalue weighted by atomic mass is 32.2. The Labute approximate surface area is 167 Å². The summed E-state index contributed by atoms with van der Waals surface area (Å²) in [6.07, 6.45) is 7.38. The zero-order valence-corrected chi connectivity index (χ0v) is 17.3. The van der Waals surface area contributed by atoms with Gasteiger partial charge >= 0.3 is 0 Å². The van der Waals surface area contributed by atoms with Gasteiger partial charge in [-0.2, -0.15) is 0 Å². The average Bonchev–Trinajstić information content (AvgIpc) is 2.67. The SMILES string of the molecule is C=C(CCCC(CS(=O)(=O)N1CCC(OCC)CC1)N(O)C=O)N=C/C=C\N. The Morgan fingerprint density at radius 3 is 2.71 bits per heavy atom. The van der Waals surface area contributed by atoms with E-state index in [9.17, 15) is 18.4 Å². The van der Waals surface area contributed by atoms with E-state index in [4.69, 9.17) is 10.5 Å². The fourth-order valence-corrected chi connectivity index (χ4v) is 4.83. The summed E-state index contributed by atoms with van der Waals surface area (Å²) < 4.78 is 32.4. The summed E-state index contributed by atoms with van der Waals surface area (Å²) >= 11 is 0. The number of hydrogen-bond donors (Lipinski definition) is 2. The van der Waals surface area contributed by atoms with E-state index in [0.29, 0.717) is 62.6 Å². The fourth-order valence-electron chi connectivity index (χ4n) is 3.04. The molecule has 3 N–H and O–H groups in total. The summed E-state index contributed by atoms with van der Waals surface area (Å²) in [6, 6.07) is -0.826. The van der Waals surface area contributed by atoms with E-state index in [2.05, 4.69) is 11.6 Å². The predicted octanol–water partition coefficient (Wildman–Crippen LogP) is 1.26. The van der Waals surface area contributed by atoms with E-state index in [1.54, 1.807) is 6.08 Å². The molecule has 9 nitrogen and oxygen atoms in total. The molecule has 0 aromatic heterocycles. The molecule has 0 bridgehead atoms. The van der Waals surface area contributed by atoms with Gasteiger partial charge < -0.3 is 10.5 Å². The van der Waals surface area contributed by atoms with Crippen molar-refractivity contribution >= 4 is 22.6 Å². The van der Waals surface area contributed by atoms with Crippen molar-refractivity contribution in [1.82, 2.24) is 9.37 Å². The third-order valence-corrected chi connectivity index (χ3v) is 6.50. The van der Waals surface area contributed by atoms with Gasteiger partial charge in [-0.25, -0.2) is 17.8 Å². The highest BCUT2D eigenvalue weighted by Gasteiger charge is 2.32. The molecule has 1 atom stereocenters. The highest BCUT2D eigenvalue weighted by molar-refractivity contribution is 7.89. The van der Waals surface area contributed by atoms with Crippen molar-refractivity contribution in [1.29, 1.82) is 0 Å². The predicted molar refractivity (Wildman–Crippen MR) is 108 cm³/mol. The van der Waals surface area contributed by atoms with Crippen molar-refractivity contribution in [2.75, 3.05) is 25.4 Å². The van der Waals surface area contributed by atoms with Crippen LogP contribution in [0.1, 0.15) is 39.0 Å². The van der Waals surface area contributed by atoms with Crippen LogP contribution in [-0.2, 0) is 19.6 Å². The van der Waals surface area contributed by atoms with Crippen molar-refractivity contribution in [2.24, 2.45) is 10.7 Å². The van der Waals surface area contributed by atoms with Crippen molar-refractivity contribution < 1.29 is 23.2 Å². The van der Waals surface area contributed by atoms with Gasteiger partial charge in [-0.15, -0.1) is 0 Å². The van der Waals surface area contributed by atoms with Crippen LogP contribution in [-0.4, -0.2) is 73.2 Å². The second kappa shape index (κ2) is 12.7. The number of sulfonamides is 1. The van der Waals surface area contributed by atoms with E-state index >= 15 is 0 Å². The Bertz CT molecular complexity index is 642. The molecule has 1 fully saturated rings. The quantitative estimate of drug-likeness (QED) is 0.201. The van der Waals surface area contributed by atoms with Crippen LogP contribution in [0.3, 0.4) is 0 Å². The van der Waals surface area contributed by atoms with E-state index in [0.717, 1.165) is 0 Å². The van der Waals surface area contributed by atoms with Crippen LogP contribution in [0.4, 0.5) is 0 Å². The van der Waals surface area contributed by atoms with Gasteiger partial charge in [-0.3, -0.25) is 15.0 Å². The van der Waals surface area contributed by atoms with Crippen LogP contribution in [0, 0.1) is 0 Å². The highest BCUT2D eigenvalue weighted by Crippen LogP contribution is 2.20. The normalized spacial score (nSPS) is 17.9. The Hall–Kier alpha value is -1.75. The molecule has 0 radical (unpaired) electrons. The molecule has 0 spiro atoms. The molecular formula is C18H32N4O5S. The van der Waals surface area contributed by atoms with Crippen molar-refractivity contribution in [3.63, 3.8) is 0 Å². The average molecular weight is 417 g/mol. The summed E-state index contributed by atoms with van der Waals surface area (Å²) in [7, 11) is -3.60. The number of ether oxygens (including phenoxy) is 1. The van der Waals surface area contributed by atoms with Crippen LogP contribution in [0.5, 0.6) is 0 Å². The summed E-state index contributed by atoms with van der Waals surface area (Å²) in [6.45, 7) is 7.09. The number of hydrogen-bond acceptors (Lipinski definition) is 7. The molecule has 0 aromatic carbocycles. The van der Waals surface area contributed by atoms with Gasteiger partial charge in [0.05, 0.1) is 17.9 Å². The number of hydroxylamine groups is 2. The molecule has 28 heavy (non-hydrogen) atoms. The Balaban J connectivity index is 2.60. The number of carbonyl (C=O) groups excluding carboxylic acids is 1. The third-order valence-electron chi connectivity index (χ3n) is 4.54. The van der Waals surface area contributed by atoms with E-state index < -0.39 is 16.1 Å². The molecule has 1 unspecified atom stereocenters. The number of piperidine rings is 1. The molecule has 1 aliphatic heterocycles. The molecule has 1 saturated heterocycles. The largest absolute Gasteiger partial charge is 0.405 e. The van der Waals surface area contributed by atoms with Crippen molar-refractivity contribution in [3.8, 4) is 0 Å². The first-order valence-electron chi connectivity index (χ1n) is 9.44. The summed E-state index contributed by atoms with van der Waals surface area (Å²) in [5.74, 6) is -0.326. The smallest absolute Gasteiger partial charge is 0.233 e. The maximum absolute atomic E-state index is 12.7. The Kier molecular flexibility index (Phi) is 11.0. The summed E-state index contributed by atoms with van der Waals surface area (Å²) in [4.78, 5) is 15.1. The minimum atomic E-state index is -3.60. The first kappa shape index (κ1) is 24.3. The first-order valence-corrected chi connectivity index (χ1v) is 11.1. The van der Waals surface area contributed by atoms with Gasteiger partial charge in [0, 0.05) is 31.6 Å². The molecule has 10 heteroatoms. The second-order valence-corrected chi connectivity index (χ2v) is 8.61. The lowest BCUT2D eigenvalue weighted by atomic mass is 10.1. The second-order valence-electron chi connectivity index (χ2n) is 6.59. The fraction of sp³-hybridized carbons (Fsp3) is 0.667. The van der Waals surface area contributed by atoms with Crippen LogP contribution in [0.2, 0.25) is 0 Å². The van der Waals surface area contributed by atoms with Gasteiger partial charge in [0.2, 0.25) is 16.4 Å². The van der Waals surface area contributed by atoms with Crippen molar-refractivity contribution in [3.05, 3.63) is 24.6 Å². The Morgan fingerprint density at radius 1 is 1.46 bits per heavy atom. The molecule has 0 aliphatic carbocycles. The molecule has 160 valence electrons. The first-order chi connectivity index (χ1) is 13.3. The molecule has 1 amide bonds. The lowest BCUT2D eigenvalue weighted by molar-refractivity contribution is -0.158. The van der Waals surface area contributed by atoms with E-state index in [-0.39, 0.29) is 18.3 Å². The minimum absolute atomic E-state index is 0.0808. The van der Waals surface area contributed by atoms with Crippen LogP contribution in [0.25, 0.3) is 0 Å². The monoisotopic (exact) mass is 416 g/mol. The third kappa shape index (κ3) is 8.51. The number of aliphatic imine (C=N–C) groups is 1. The van der Waals surface area contributed by atoms with Gasteiger partial charge in [0.25, 0.3) is 0 Å². The number of carbonyl (C=O) groups is 1. The maximum Gasteiger partial charge on any atom is 0.233 e. The topological polar surface area (TPSA) is 126 Å². The van der Waals surface area contributed by atoms with Gasteiger partial charge in [0.1, 0.15) is 0 Å². The lowest BCUT2D eigenvalue weighted by Gasteiger charge is -2.32. The molecule has 1 aliphatic rings. The van der Waals surface area contributed by atoms with Crippen LogP contribution in [0.15, 0.2) is 29.5 Å². The van der Waals surface area contributed by atoms with Crippen LogP contribution >= 0.6 is 0 Å². The van der Waals surface area contributed by atoms with Crippen molar-refractivity contribution in [2.45, 2.75) is 51.2 Å². The van der Waals surface area contributed by atoms with Gasteiger partial charge in [0.15, 0.2) is 0 Å². The van der Waals surface area contributed by atoms with Crippen LogP contribution < -0.4 is 5.73 Å². The zero-order valence-electron chi connectivity index (χ0n) is 16.4. The minimum Gasteiger partial charge on any atom is -0.405 e. The summed E-state index contributed by atoms with van der Waals surface area (Å²) in [5, 5.41) is 10.3. The molecule has 0 aromatic rings. The van der Waals surface area contributed by atoms with E-state index in [1.165, 1.54) is 16.7 Å².